The van der Waals surface area contributed by atoms with Crippen molar-refractivity contribution in [3.63, 3.8) is 0 Å². The maximum Gasteiger partial charge on any atom is 0.305 e. The average molecular weight is 318 g/mol. The van der Waals surface area contributed by atoms with Gasteiger partial charge in [-0.3, -0.25) is 4.79 Å². The van der Waals surface area contributed by atoms with Crippen LogP contribution in [0, 0.1) is 0 Å². The second kappa shape index (κ2) is 6.41. The predicted molar refractivity (Wildman–Crippen MR) is 76.0 cm³/mol. The van der Waals surface area contributed by atoms with Crippen molar-refractivity contribution >= 4 is 5.97 Å². The fraction of sp³-hybridized carbons (Fsp3) is 0.933. The van der Waals surface area contributed by atoms with Crippen molar-refractivity contribution in [2.45, 2.75) is 76.5 Å². The molecule has 7 heteroatoms. The number of aliphatic hydroxyl groups is 1. The molecule has 2 saturated heterocycles. The molecule has 0 aliphatic carbocycles. The van der Waals surface area contributed by atoms with E-state index in [4.69, 9.17) is 18.9 Å². The maximum atomic E-state index is 11.2. The Kier molecular flexibility index (Phi) is 5.13. The summed E-state index contributed by atoms with van der Waals surface area (Å²) in [6.07, 6.45) is -1.85. The summed E-state index contributed by atoms with van der Waals surface area (Å²) in [6.45, 7) is 7.60. The van der Waals surface area contributed by atoms with E-state index in [1.807, 2.05) is 13.8 Å². The van der Waals surface area contributed by atoms with Crippen molar-refractivity contribution in [1.29, 1.82) is 0 Å². The van der Waals surface area contributed by atoms with Crippen molar-refractivity contribution in [2.75, 3.05) is 13.7 Å². The standard InChI is InChI=1S/C15H26O7/c1-14(2)19-8-10(20-14)13-12(21-15(3,4)22-13)9(16)6-7-11(17)18-5/h9-10,12-13,16H,6-8H2,1-5H3/t9-,10+,12+,13+/m0/s1. The molecule has 22 heavy (non-hydrogen) atoms. The fourth-order valence-corrected chi connectivity index (χ4v) is 2.81. The lowest BCUT2D eigenvalue weighted by molar-refractivity contribution is -0.175. The molecule has 2 aliphatic rings. The van der Waals surface area contributed by atoms with Crippen molar-refractivity contribution < 1.29 is 33.6 Å². The van der Waals surface area contributed by atoms with E-state index in [1.165, 1.54) is 7.11 Å². The zero-order valence-electron chi connectivity index (χ0n) is 13.8. The van der Waals surface area contributed by atoms with Crippen LogP contribution in [0.15, 0.2) is 0 Å². The second-order valence-corrected chi connectivity index (χ2v) is 6.61. The molecular weight excluding hydrogens is 292 g/mol. The number of carbonyl (C=O) groups excluding carboxylic acids is 1. The highest BCUT2D eigenvalue weighted by Gasteiger charge is 2.51. The summed E-state index contributed by atoms with van der Waals surface area (Å²) in [6, 6.07) is 0. The van der Waals surface area contributed by atoms with Gasteiger partial charge in [0, 0.05) is 6.42 Å². The Hall–Kier alpha value is -0.730. The van der Waals surface area contributed by atoms with Crippen molar-refractivity contribution in [3.05, 3.63) is 0 Å². The molecule has 0 aromatic carbocycles. The van der Waals surface area contributed by atoms with Crippen LogP contribution in [0.25, 0.3) is 0 Å². The first-order valence-corrected chi connectivity index (χ1v) is 7.56. The van der Waals surface area contributed by atoms with Gasteiger partial charge >= 0.3 is 5.97 Å². The van der Waals surface area contributed by atoms with Gasteiger partial charge in [-0.2, -0.15) is 0 Å². The number of methoxy groups -OCH3 is 1. The molecule has 0 bridgehead atoms. The van der Waals surface area contributed by atoms with E-state index in [1.54, 1.807) is 13.8 Å². The predicted octanol–water partition coefficient (Wildman–Crippen LogP) is 0.972. The summed E-state index contributed by atoms with van der Waals surface area (Å²) in [7, 11) is 1.32. The van der Waals surface area contributed by atoms with Crippen LogP contribution in [-0.2, 0) is 28.5 Å². The Bertz CT molecular complexity index is 407. The number of esters is 1. The summed E-state index contributed by atoms with van der Waals surface area (Å²) in [5.74, 6) is -1.87. The molecule has 2 heterocycles. The van der Waals surface area contributed by atoms with Gasteiger partial charge in [-0.05, 0) is 34.1 Å². The SMILES string of the molecule is COC(=O)CC[C@H](O)[C@H]1OC(C)(C)O[C@@H]1[C@H]1COC(C)(C)O1. The molecule has 0 saturated carbocycles. The summed E-state index contributed by atoms with van der Waals surface area (Å²) >= 11 is 0. The van der Waals surface area contributed by atoms with Gasteiger partial charge in [0.05, 0.1) is 19.8 Å². The number of hydrogen-bond acceptors (Lipinski definition) is 7. The van der Waals surface area contributed by atoms with Gasteiger partial charge in [0.15, 0.2) is 11.6 Å². The molecule has 1 N–H and O–H groups in total. The normalized spacial score (nSPS) is 34.5. The van der Waals surface area contributed by atoms with E-state index in [0.29, 0.717) is 6.61 Å². The van der Waals surface area contributed by atoms with Crippen LogP contribution in [-0.4, -0.2) is 60.8 Å². The van der Waals surface area contributed by atoms with E-state index in [0.717, 1.165) is 0 Å². The maximum absolute atomic E-state index is 11.2. The van der Waals surface area contributed by atoms with Crippen molar-refractivity contribution in [2.24, 2.45) is 0 Å². The lowest BCUT2D eigenvalue weighted by Gasteiger charge is -2.26. The van der Waals surface area contributed by atoms with E-state index in [9.17, 15) is 9.90 Å². The minimum Gasteiger partial charge on any atom is -0.469 e. The summed E-state index contributed by atoms with van der Waals surface area (Å²) in [5, 5.41) is 10.4. The quantitative estimate of drug-likeness (QED) is 0.756. The second-order valence-electron chi connectivity index (χ2n) is 6.61. The molecule has 0 aromatic rings. The van der Waals surface area contributed by atoms with Gasteiger partial charge in [-0.15, -0.1) is 0 Å². The Morgan fingerprint density at radius 3 is 2.45 bits per heavy atom. The van der Waals surface area contributed by atoms with E-state index >= 15 is 0 Å². The van der Waals surface area contributed by atoms with E-state index in [2.05, 4.69) is 4.74 Å². The summed E-state index contributed by atoms with van der Waals surface area (Å²) in [5.41, 5.74) is 0. The topological polar surface area (TPSA) is 83.5 Å². The van der Waals surface area contributed by atoms with Gasteiger partial charge in [0.25, 0.3) is 0 Å². The molecule has 128 valence electrons. The van der Waals surface area contributed by atoms with Gasteiger partial charge in [0.1, 0.15) is 18.3 Å². The van der Waals surface area contributed by atoms with Crippen molar-refractivity contribution in [1.82, 2.24) is 0 Å². The highest BCUT2D eigenvalue weighted by atomic mass is 16.8. The smallest absolute Gasteiger partial charge is 0.305 e. The van der Waals surface area contributed by atoms with Gasteiger partial charge in [-0.1, -0.05) is 0 Å². The first kappa shape index (κ1) is 17.6. The van der Waals surface area contributed by atoms with Gasteiger partial charge < -0.3 is 28.8 Å². The fourth-order valence-electron chi connectivity index (χ4n) is 2.81. The van der Waals surface area contributed by atoms with Crippen LogP contribution in [0.5, 0.6) is 0 Å². The average Bonchev–Trinajstić information content (AvgIpc) is 2.94. The lowest BCUT2D eigenvalue weighted by atomic mass is 10.00. The van der Waals surface area contributed by atoms with Crippen LogP contribution in [0.2, 0.25) is 0 Å². The van der Waals surface area contributed by atoms with E-state index < -0.39 is 29.9 Å². The number of carbonyl (C=O) groups is 1. The highest BCUT2D eigenvalue weighted by Crippen LogP contribution is 2.37. The molecular formula is C15H26O7. The molecule has 0 amide bonds. The minimum atomic E-state index is -0.849. The number of rotatable bonds is 5. The Balaban J connectivity index is 2.02. The van der Waals surface area contributed by atoms with Crippen LogP contribution in [0.1, 0.15) is 40.5 Å². The number of hydrogen-bond donors (Lipinski definition) is 1. The molecule has 4 atom stereocenters. The zero-order chi connectivity index (χ0) is 16.5. The Labute approximate surface area is 130 Å². The third kappa shape index (κ3) is 4.17. The molecule has 0 aromatic heterocycles. The van der Waals surface area contributed by atoms with Crippen LogP contribution in [0.4, 0.5) is 0 Å². The minimum absolute atomic E-state index is 0.123. The van der Waals surface area contributed by atoms with Gasteiger partial charge in [0.2, 0.25) is 0 Å². The summed E-state index contributed by atoms with van der Waals surface area (Å²) < 4.78 is 27.7. The molecule has 2 aliphatic heterocycles. The highest BCUT2D eigenvalue weighted by molar-refractivity contribution is 5.69. The number of aliphatic hydroxyl groups excluding tert-OH is 1. The molecule has 2 fully saturated rings. The third-order valence-electron chi connectivity index (χ3n) is 3.81. The largest absolute Gasteiger partial charge is 0.469 e. The molecule has 0 radical (unpaired) electrons. The first-order valence-electron chi connectivity index (χ1n) is 7.56. The Morgan fingerprint density at radius 2 is 1.91 bits per heavy atom. The summed E-state index contributed by atoms with van der Waals surface area (Å²) in [4.78, 5) is 11.2. The molecule has 2 rings (SSSR count). The van der Waals surface area contributed by atoms with Crippen LogP contribution in [0.3, 0.4) is 0 Å². The third-order valence-corrected chi connectivity index (χ3v) is 3.81. The van der Waals surface area contributed by atoms with Crippen molar-refractivity contribution in [3.8, 4) is 0 Å². The lowest BCUT2D eigenvalue weighted by Crippen LogP contribution is -2.44. The molecule has 0 spiro atoms. The monoisotopic (exact) mass is 318 g/mol. The molecule has 0 unspecified atom stereocenters. The van der Waals surface area contributed by atoms with Crippen LogP contribution >= 0.6 is 0 Å². The van der Waals surface area contributed by atoms with Gasteiger partial charge in [-0.25, -0.2) is 0 Å². The molecule has 7 nitrogen and oxygen atoms in total. The van der Waals surface area contributed by atoms with Crippen LogP contribution < -0.4 is 0 Å². The Morgan fingerprint density at radius 1 is 1.23 bits per heavy atom. The van der Waals surface area contributed by atoms with E-state index in [-0.39, 0.29) is 24.9 Å². The zero-order valence-corrected chi connectivity index (χ0v) is 13.8. The first-order chi connectivity index (χ1) is 10.1. The number of ether oxygens (including phenoxy) is 5.